The van der Waals surface area contributed by atoms with Gasteiger partial charge in [-0.2, -0.15) is 0 Å². The number of thiocarbonyl (C=S) groups is 1. The van der Waals surface area contributed by atoms with E-state index in [1.165, 1.54) is 4.70 Å². The number of aromatic nitrogens is 1. The molecular formula is C29H23N3OS3. The zero-order chi connectivity index (χ0) is 24.5. The number of thiazole rings is 1. The van der Waals surface area contributed by atoms with Gasteiger partial charge in [0.15, 0.2) is 4.34 Å². The zero-order valence-corrected chi connectivity index (χ0v) is 22.0. The van der Waals surface area contributed by atoms with Crippen LogP contribution in [0.2, 0.25) is 0 Å². The van der Waals surface area contributed by atoms with Crippen molar-refractivity contribution in [3.8, 4) is 5.75 Å². The highest BCUT2D eigenvalue weighted by atomic mass is 32.2. The standard InChI is InChI=1S/C29H23N3OS3/c1-33-25-16-15-19(17-20(25)18-35-29-31-24-13-7-8-14-26(24)36-29)27-30-23-12-6-5-11-22(23)28(34)32(27)21-9-3-2-4-10-21/h2-17,27,30H,18H2,1H3. The molecule has 178 valence electrons. The van der Waals surface area contributed by atoms with Gasteiger partial charge in [0.25, 0.3) is 0 Å². The molecule has 0 amide bonds. The number of hydrogen-bond acceptors (Lipinski definition) is 6. The number of fused-ring (bicyclic) bond motifs is 2. The first-order chi connectivity index (χ1) is 17.7. The van der Waals surface area contributed by atoms with Crippen LogP contribution in [-0.2, 0) is 5.75 Å². The van der Waals surface area contributed by atoms with E-state index in [4.69, 9.17) is 21.9 Å². The van der Waals surface area contributed by atoms with Crippen molar-refractivity contribution < 1.29 is 4.74 Å². The van der Waals surface area contributed by atoms with Crippen LogP contribution in [0.25, 0.3) is 10.2 Å². The molecule has 6 rings (SSSR count). The minimum Gasteiger partial charge on any atom is -0.496 e. The average Bonchev–Trinajstić information content (AvgIpc) is 3.35. The summed E-state index contributed by atoms with van der Waals surface area (Å²) in [6.07, 6.45) is -0.146. The Bertz CT molecular complexity index is 1520. The van der Waals surface area contributed by atoms with E-state index in [0.717, 1.165) is 54.4 Å². The van der Waals surface area contributed by atoms with E-state index < -0.39 is 0 Å². The average molecular weight is 526 g/mol. The van der Waals surface area contributed by atoms with Crippen LogP contribution in [0, 0.1) is 0 Å². The van der Waals surface area contributed by atoms with Crippen LogP contribution in [0.3, 0.4) is 0 Å². The van der Waals surface area contributed by atoms with Crippen molar-refractivity contribution in [1.29, 1.82) is 0 Å². The van der Waals surface area contributed by atoms with Gasteiger partial charge in [0, 0.05) is 28.3 Å². The van der Waals surface area contributed by atoms with Gasteiger partial charge in [-0.3, -0.25) is 0 Å². The number of ether oxygens (including phenoxy) is 1. The molecule has 7 heteroatoms. The summed E-state index contributed by atoms with van der Waals surface area (Å²) in [4.78, 5) is 7.79. The summed E-state index contributed by atoms with van der Waals surface area (Å²) < 4.78 is 8.00. The molecule has 0 spiro atoms. The van der Waals surface area contributed by atoms with Crippen molar-refractivity contribution in [1.82, 2.24) is 4.98 Å². The van der Waals surface area contributed by atoms with Crippen LogP contribution in [0.5, 0.6) is 5.75 Å². The third-order valence-electron chi connectivity index (χ3n) is 6.21. The fourth-order valence-electron chi connectivity index (χ4n) is 4.48. The number of benzene rings is 4. The minimum absolute atomic E-state index is 0.146. The minimum atomic E-state index is -0.146. The van der Waals surface area contributed by atoms with Crippen molar-refractivity contribution in [3.05, 3.63) is 114 Å². The van der Waals surface area contributed by atoms with Gasteiger partial charge in [-0.05, 0) is 54.1 Å². The second-order valence-electron chi connectivity index (χ2n) is 8.41. The molecule has 0 bridgehead atoms. The molecule has 0 saturated carbocycles. The highest BCUT2D eigenvalue weighted by Gasteiger charge is 2.31. The topological polar surface area (TPSA) is 37.4 Å². The van der Waals surface area contributed by atoms with Gasteiger partial charge in [-0.1, -0.05) is 72.5 Å². The lowest BCUT2D eigenvalue weighted by Crippen LogP contribution is -2.42. The van der Waals surface area contributed by atoms with E-state index in [2.05, 4.69) is 70.9 Å². The number of methoxy groups -OCH3 is 1. The highest BCUT2D eigenvalue weighted by molar-refractivity contribution is 8.00. The summed E-state index contributed by atoms with van der Waals surface area (Å²) >= 11 is 9.48. The summed E-state index contributed by atoms with van der Waals surface area (Å²) in [5, 5.41) is 3.73. The third kappa shape index (κ3) is 4.34. The Hall–Kier alpha value is -3.39. The van der Waals surface area contributed by atoms with E-state index in [1.54, 1.807) is 30.2 Å². The maximum atomic E-state index is 6.02. The van der Waals surface area contributed by atoms with Crippen molar-refractivity contribution in [2.75, 3.05) is 17.3 Å². The number of hydrogen-bond donors (Lipinski definition) is 1. The van der Waals surface area contributed by atoms with E-state index in [1.807, 2.05) is 36.4 Å². The molecule has 4 aromatic carbocycles. The summed E-state index contributed by atoms with van der Waals surface area (Å²) in [6, 6.07) is 33.2. The number of thioether (sulfide) groups is 1. The second kappa shape index (κ2) is 9.93. The first kappa shape index (κ1) is 23.0. The highest BCUT2D eigenvalue weighted by Crippen LogP contribution is 2.39. The molecule has 4 nitrogen and oxygen atoms in total. The predicted octanol–water partition coefficient (Wildman–Crippen LogP) is 7.90. The molecule has 0 aliphatic carbocycles. The Kier molecular flexibility index (Phi) is 6.35. The fraction of sp³-hybridized carbons (Fsp3) is 0.103. The number of nitrogens with zero attached hydrogens (tertiary/aromatic N) is 2. The molecule has 2 heterocycles. The lowest BCUT2D eigenvalue weighted by Gasteiger charge is -2.40. The molecule has 1 atom stereocenters. The summed E-state index contributed by atoms with van der Waals surface area (Å²) in [6.45, 7) is 0. The number of anilines is 2. The normalized spacial score (nSPS) is 15.0. The Morgan fingerprint density at radius 3 is 2.58 bits per heavy atom. The van der Waals surface area contributed by atoms with Gasteiger partial charge >= 0.3 is 0 Å². The predicted molar refractivity (Wildman–Crippen MR) is 156 cm³/mol. The van der Waals surface area contributed by atoms with Crippen LogP contribution in [0.1, 0.15) is 22.9 Å². The summed E-state index contributed by atoms with van der Waals surface area (Å²) in [5.41, 5.74) is 6.42. The molecule has 1 unspecified atom stereocenters. The molecule has 5 aromatic rings. The maximum absolute atomic E-state index is 6.02. The quantitative estimate of drug-likeness (QED) is 0.179. The number of para-hydroxylation sites is 3. The van der Waals surface area contributed by atoms with Crippen LogP contribution >= 0.6 is 35.3 Å². The molecule has 36 heavy (non-hydrogen) atoms. The Morgan fingerprint density at radius 1 is 0.972 bits per heavy atom. The summed E-state index contributed by atoms with van der Waals surface area (Å²) in [7, 11) is 1.72. The van der Waals surface area contributed by atoms with Crippen LogP contribution in [0.4, 0.5) is 11.4 Å². The Morgan fingerprint density at radius 2 is 1.75 bits per heavy atom. The molecule has 0 radical (unpaired) electrons. The van der Waals surface area contributed by atoms with Gasteiger partial charge in [-0.25, -0.2) is 4.98 Å². The Balaban J connectivity index is 1.36. The third-order valence-corrected chi connectivity index (χ3v) is 8.85. The smallest absolute Gasteiger partial charge is 0.151 e. The van der Waals surface area contributed by atoms with E-state index >= 15 is 0 Å². The molecule has 0 saturated heterocycles. The largest absolute Gasteiger partial charge is 0.496 e. The van der Waals surface area contributed by atoms with Gasteiger partial charge in [0.2, 0.25) is 0 Å². The van der Waals surface area contributed by atoms with Gasteiger partial charge in [0.05, 0.1) is 17.3 Å². The molecule has 0 fully saturated rings. The van der Waals surface area contributed by atoms with E-state index in [-0.39, 0.29) is 6.17 Å². The van der Waals surface area contributed by atoms with Gasteiger partial charge in [-0.15, -0.1) is 11.3 Å². The second-order valence-corrected chi connectivity index (χ2v) is 11.1. The van der Waals surface area contributed by atoms with Gasteiger partial charge < -0.3 is 15.0 Å². The molecule has 1 N–H and O–H groups in total. The molecular weight excluding hydrogens is 503 g/mol. The maximum Gasteiger partial charge on any atom is 0.151 e. The van der Waals surface area contributed by atoms with Crippen molar-refractivity contribution in [2.45, 2.75) is 16.3 Å². The van der Waals surface area contributed by atoms with Crippen LogP contribution in [0.15, 0.2) is 101 Å². The SMILES string of the molecule is COc1ccc(C2Nc3ccccc3C(=S)N2c2ccccc2)cc1CSc1nc2ccccc2s1. The summed E-state index contributed by atoms with van der Waals surface area (Å²) in [5.74, 6) is 1.63. The molecule has 1 aliphatic heterocycles. The van der Waals surface area contributed by atoms with E-state index in [9.17, 15) is 0 Å². The lowest BCUT2D eigenvalue weighted by molar-refractivity contribution is 0.411. The zero-order valence-electron chi connectivity index (χ0n) is 19.5. The van der Waals surface area contributed by atoms with Crippen molar-refractivity contribution in [3.63, 3.8) is 0 Å². The van der Waals surface area contributed by atoms with Crippen LogP contribution in [-0.4, -0.2) is 17.1 Å². The fourth-order valence-corrected chi connectivity index (χ4v) is 6.91. The van der Waals surface area contributed by atoms with Crippen molar-refractivity contribution >= 4 is 61.9 Å². The van der Waals surface area contributed by atoms with Gasteiger partial charge in [0.1, 0.15) is 16.9 Å². The lowest BCUT2D eigenvalue weighted by atomic mass is 10.0. The Labute approximate surface area is 224 Å². The molecule has 1 aliphatic rings. The monoisotopic (exact) mass is 525 g/mol. The number of nitrogens with one attached hydrogen (secondary N) is 1. The first-order valence-electron chi connectivity index (χ1n) is 11.6. The number of rotatable bonds is 6. The van der Waals surface area contributed by atoms with Crippen LogP contribution < -0.4 is 15.0 Å². The van der Waals surface area contributed by atoms with Crippen molar-refractivity contribution in [2.24, 2.45) is 0 Å². The first-order valence-corrected chi connectivity index (χ1v) is 13.8. The van der Waals surface area contributed by atoms with E-state index in [0.29, 0.717) is 0 Å². The molecule has 1 aromatic heterocycles.